The van der Waals surface area contributed by atoms with Crippen molar-refractivity contribution in [1.29, 1.82) is 0 Å². The average Bonchev–Trinajstić information content (AvgIpc) is 2.96. The quantitative estimate of drug-likeness (QED) is 0.322. The van der Waals surface area contributed by atoms with Gasteiger partial charge >= 0.3 is 0 Å². The topological polar surface area (TPSA) is 86.8 Å². The molecule has 1 fully saturated rings. The minimum absolute atomic E-state index is 0.0725. The summed E-state index contributed by atoms with van der Waals surface area (Å²) in [5, 5.41) is 3.24. The summed E-state index contributed by atoms with van der Waals surface area (Å²) < 4.78 is 27.3. The van der Waals surface area contributed by atoms with Gasteiger partial charge < -0.3 is 10.2 Å². The Morgan fingerprint density at radius 1 is 0.857 bits per heavy atom. The van der Waals surface area contributed by atoms with E-state index in [2.05, 4.69) is 5.32 Å². The second-order valence-electron chi connectivity index (χ2n) is 11.5. The summed E-state index contributed by atoms with van der Waals surface area (Å²) in [4.78, 5) is 29.9. The summed E-state index contributed by atoms with van der Waals surface area (Å²) in [5.74, 6) is -0.634. The first kappa shape index (κ1) is 31.3. The molecule has 0 radical (unpaired) electrons. The van der Waals surface area contributed by atoms with Crippen molar-refractivity contribution < 1.29 is 18.0 Å². The summed E-state index contributed by atoms with van der Waals surface area (Å²) in [7, 11) is -3.81. The second kappa shape index (κ2) is 14.0. The normalized spacial score (nSPS) is 14.7. The zero-order valence-corrected chi connectivity index (χ0v) is 26.0. The number of aryl methyl sites for hydroxylation is 2. The Labute approximate surface area is 251 Å². The third-order valence-electron chi connectivity index (χ3n) is 8.22. The third-order valence-corrected chi connectivity index (χ3v) is 9.35. The fourth-order valence-corrected chi connectivity index (χ4v) is 6.49. The van der Waals surface area contributed by atoms with E-state index in [1.54, 1.807) is 17.0 Å². The van der Waals surface area contributed by atoms with E-state index in [9.17, 15) is 18.0 Å². The fraction of sp³-hybridized carbons (Fsp3) is 0.412. The molecular formula is C34H43N3O4S. The van der Waals surface area contributed by atoms with Crippen molar-refractivity contribution in [2.75, 3.05) is 17.1 Å². The van der Waals surface area contributed by atoms with Crippen LogP contribution in [-0.2, 0) is 32.6 Å². The van der Waals surface area contributed by atoms with Crippen LogP contribution in [0.3, 0.4) is 0 Å². The van der Waals surface area contributed by atoms with Crippen molar-refractivity contribution >= 4 is 27.5 Å². The number of nitrogens with zero attached hydrogens (tertiary/aromatic N) is 2. The van der Waals surface area contributed by atoms with Gasteiger partial charge in [-0.2, -0.15) is 0 Å². The zero-order chi connectivity index (χ0) is 30.3. The van der Waals surface area contributed by atoms with E-state index >= 15 is 0 Å². The maximum atomic E-state index is 14.3. The molecule has 7 nitrogen and oxygen atoms in total. The smallest absolute Gasteiger partial charge is 0.244 e. The lowest BCUT2D eigenvalue weighted by Gasteiger charge is -2.35. The van der Waals surface area contributed by atoms with Gasteiger partial charge in [0.2, 0.25) is 21.8 Å². The van der Waals surface area contributed by atoms with Crippen LogP contribution in [0.15, 0.2) is 72.8 Å². The van der Waals surface area contributed by atoms with Crippen LogP contribution in [0.4, 0.5) is 5.69 Å². The molecule has 0 bridgehead atoms. The van der Waals surface area contributed by atoms with Crippen LogP contribution < -0.4 is 9.62 Å². The minimum atomic E-state index is -3.81. The lowest BCUT2D eigenvalue weighted by molar-refractivity contribution is -0.140. The zero-order valence-electron chi connectivity index (χ0n) is 25.2. The molecule has 1 aliphatic rings. The molecule has 4 rings (SSSR count). The Balaban J connectivity index is 1.73. The lowest BCUT2D eigenvalue weighted by atomic mass is 9.94. The maximum absolute atomic E-state index is 14.3. The predicted molar refractivity (Wildman–Crippen MR) is 169 cm³/mol. The van der Waals surface area contributed by atoms with E-state index < -0.39 is 28.5 Å². The Morgan fingerprint density at radius 2 is 1.52 bits per heavy atom. The molecule has 0 aliphatic heterocycles. The number of anilines is 1. The SMILES string of the molecule is Cc1ccc(CN(C(=O)CN(c2cccc(C)c2C)S(C)(=O)=O)[C@@H](Cc2ccccc2)C(=O)NC2CCCCC2)cc1. The van der Waals surface area contributed by atoms with Crippen LogP contribution >= 0.6 is 0 Å². The van der Waals surface area contributed by atoms with Crippen LogP contribution in [0.2, 0.25) is 0 Å². The Morgan fingerprint density at radius 3 is 2.17 bits per heavy atom. The summed E-state index contributed by atoms with van der Waals surface area (Å²) >= 11 is 0. The molecular weight excluding hydrogens is 546 g/mol. The summed E-state index contributed by atoms with van der Waals surface area (Å²) in [5.41, 5.74) is 5.07. The molecule has 3 aromatic rings. The van der Waals surface area contributed by atoms with Crippen LogP contribution in [0.25, 0.3) is 0 Å². The highest BCUT2D eigenvalue weighted by atomic mass is 32.2. The molecule has 3 aromatic carbocycles. The third kappa shape index (κ3) is 8.22. The van der Waals surface area contributed by atoms with E-state index in [-0.39, 0.29) is 18.5 Å². The van der Waals surface area contributed by atoms with Crippen LogP contribution in [-0.4, -0.2) is 50.0 Å². The standard InChI is InChI=1S/C34H43N3O4S/c1-25-18-20-29(21-19-25)23-36(33(38)24-37(42(4,40)41)31-17-11-12-26(2)27(31)3)32(22-28-13-7-5-8-14-28)34(39)35-30-15-9-6-10-16-30/h5,7-8,11-14,17-21,30,32H,6,9-10,15-16,22-24H2,1-4H3,(H,35,39)/t32-/m0/s1. The highest BCUT2D eigenvalue weighted by Crippen LogP contribution is 2.26. The molecule has 2 amide bonds. The fourth-order valence-electron chi connectivity index (χ4n) is 5.59. The van der Waals surface area contributed by atoms with Crippen molar-refractivity contribution in [3.05, 3.63) is 101 Å². The van der Waals surface area contributed by atoms with Crippen molar-refractivity contribution in [3.63, 3.8) is 0 Å². The maximum Gasteiger partial charge on any atom is 0.244 e. The van der Waals surface area contributed by atoms with E-state index in [4.69, 9.17) is 0 Å². The van der Waals surface area contributed by atoms with Gasteiger partial charge in [-0.1, -0.05) is 91.6 Å². The van der Waals surface area contributed by atoms with Gasteiger partial charge in [-0.3, -0.25) is 13.9 Å². The second-order valence-corrected chi connectivity index (χ2v) is 13.5. The Kier molecular flexibility index (Phi) is 10.4. The number of hydrogen-bond donors (Lipinski definition) is 1. The largest absolute Gasteiger partial charge is 0.352 e. The molecule has 1 atom stereocenters. The van der Waals surface area contributed by atoms with E-state index in [1.165, 1.54) is 4.31 Å². The average molecular weight is 590 g/mol. The molecule has 1 N–H and O–H groups in total. The molecule has 0 saturated heterocycles. The summed E-state index contributed by atoms with van der Waals surface area (Å²) in [6.45, 7) is 5.54. The predicted octanol–water partition coefficient (Wildman–Crippen LogP) is 5.47. The molecule has 1 saturated carbocycles. The van der Waals surface area contributed by atoms with Gasteiger partial charge in [0.1, 0.15) is 12.6 Å². The van der Waals surface area contributed by atoms with Crippen LogP contribution in [0.1, 0.15) is 59.9 Å². The van der Waals surface area contributed by atoms with Gasteiger partial charge in [0.05, 0.1) is 11.9 Å². The van der Waals surface area contributed by atoms with Crippen molar-refractivity contribution in [2.45, 2.75) is 77.9 Å². The molecule has 8 heteroatoms. The number of carbonyl (C=O) groups excluding carboxylic acids is 2. The first-order chi connectivity index (χ1) is 20.0. The van der Waals surface area contributed by atoms with E-state index in [0.29, 0.717) is 12.1 Å². The number of sulfonamides is 1. The van der Waals surface area contributed by atoms with Gasteiger partial charge in [0, 0.05) is 19.0 Å². The molecule has 224 valence electrons. The molecule has 0 unspecified atom stereocenters. The highest BCUT2D eigenvalue weighted by Gasteiger charge is 2.34. The number of amides is 2. The first-order valence-electron chi connectivity index (χ1n) is 14.8. The molecule has 0 heterocycles. The Hall–Kier alpha value is -3.65. The van der Waals surface area contributed by atoms with Crippen LogP contribution in [0, 0.1) is 20.8 Å². The first-order valence-corrected chi connectivity index (χ1v) is 16.6. The highest BCUT2D eigenvalue weighted by molar-refractivity contribution is 7.92. The molecule has 0 spiro atoms. The minimum Gasteiger partial charge on any atom is -0.352 e. The van der Waals surface area contributed by atoms with Crippen LogP contribution in [0.5, 0.6) is 0 Å². The number of rotatable bonds is 11. The van der Waals surface area contributed by atoms with Gasteiger partial charge in [-0.15, -0.1) is 0 Å². The van der Waals surface area contributed by atoms with Crippen molar-refractivity contribution in [3.8, 4) is 0 Å². The monoisotopic (exact) mass is 589 g/mol. The Bertz CT molecular complexity index is 1470. The molecule has 1 aliphatic carbocycles. The number of benzene rings is 3. The summed E-state index contributed by atoms with van der Waals surface area (Å²) in [6, 6.07) is 22.2. The number of carbonyl (C=O) groups is 2. The van der Waals surface area contributed by atoms with Gasteiger partial charge in [-0.25, -0.2) is 8.42 Å². The summed E-state index contributed by atoms with van der Waals surface area (Å²) in [6.07, 6.45) is 6.58. The number of hydrogen-bond acceptors (Lipinski definition) is 4. The van der Waals surface area contributed by atoms with Crippen molar-refractivity contribution in [1.82, 2.24) is 10.2 Å². The van der Waals surface area contributed by atoms with E-state index in [1.807, 2.05) is 81.4 Å². The lowest BCUT2D eigenvalue weighted by Crippen LogP contribution is -2.55. The molecule has 0 aromatic heterocycles. The molecule has 42 heavy (non-hydrogen) atoms. The van der Waals surface area contributed by atoms with Gasteiger partial charge in [-0.05, 0) is 61.9 Å². The number of nitrogens with one attached hydrogen (secondary N) is 1. The van der Waals surface area contributed by atoms with Crippen molar-refractivity contribution in [2.24, 2.45) is 0 Å². The van der Waals surface area contributed by atoms with E-state index in [0.717, 1.165) is 66.2 Å². The van der Waals surface area contributed by atoms with Gasteiger partial charge in [0.25, 0.3) is 0 Å². The van der Waals surface area contributed by atoms with Gasteiger partial charge in [0.15, 0.2) is 0 Å².